The van der Waals surface area contributed by atoms with Gasteiger partial charge >= 0.3 is 0 Å². The third-order valence-corrected chi connectivity index (χ3v) is 7.39. The lowest BCUT2D eigenvalue weighted by atomic mass is 9.90. The SMILES string of the molecule is Brc1ccc2[nH]c3ncnc(N[C@H]4CC[C@H](N5CCSCC5)CC4)c3c2c1. The largest absolute Gasteiger partial charge is 0.367 e. The Morgan fingerprint density at radius 2 is 1.93 bits per heavy atom. The highest BCUT2D eigenvalue weighted by atomic mass is 79.9. The standard InChI is InChI=1S/C20H24BrN5S/c21-13-1-6-17-16(11-13)18-19(22-12-23-20(18)25-17)24-14-2-4-15(5-3-14)26-7-9-27-10-8-26/h1,6,11-12,14-15H,2-5,7-10H2,(H2,22,23,24,25)/t14-,15-. The molecule has 0 amide bonds. The second kappa shape index (κ2) is 7.60. The van der Waals surface area contributed by atoms with E-state index in [-0.39, 0.29) is 0 Å². The zero-order valence-electron chi connectivity index (χ0n) is 15.2. The van der Waals surface area contributed by atoms with Crippen LogP contribution in [0.4, 0.5) is 5.82 Å². The molecule has 3 aromatic rings. The number of aromatic nitrogens is 3. The molecule has 2 aromatic heterocycles. The van der Waals surface area contributed by atoms with Crippen molar-refractivity contribution in [3.05, 3.63) is 29.0 Å². The molecule has 0 bridgehead atoms. The second-order valence-electron chi connectivity index (χ2n) is 7.56. The molecule has 0 spiro atoms. The number of fused-ring (bicyclic) bond motifs is 3. The summed E-state index contributed by atoms with van der Waals surface area (Å²) in [7, 11) is 0. The first-order valence-corrected chi connectivity index (χ1v) is 11.7. The first kappa shape index (κ1) is 17.8. The van der Waals surface area contributed by atoms with Gasteiger partial charge in [-0.25, -0.2) is 9.97 Å². The molecule has 0 unspecified atom stereocenters. The molecule has 1 saturated carbocycles. The lowest BCUT2D eigenvalue weighted by Crippen LogP contribution is -2.44. The highest BCUT2D eigenvalue weighted by Gasteiger charge is 2.27. The molecule has 5 rings (SSSR count). The van der Waals surface area contributed by atoms with Crippen molar-refractivity contribution in [2.24, 2.45) is 0 Å². The maximum atomic E-state index is 4.59. The number of nitrogens with one attached hydrogen (secondary N) is 2. The fourth-order valence-electron chi connectivity index (χ4n) is 4.53. The van der Waals surface area contributed by atoms with Crippen LogP contribution in [0.5, 0.6) is 0 Å². The lowest BCUT2D eigenvalue weighted by Gasteiger charge is -2.39. The molecule has 1 saturated heterocycles. The fourth-order valence-corrected chi connectivity index (χ4v) is 5.82. The molecular formula is C20H24BrN5S. The third-order valence-electron chi connectivity index (χ3n) is 5.95. The zero-order valence-corrected chi connectivity index (χ0v) is 17.7. The van der Waals surface area contributed by atoms with Gasteiger partial charge in [-0.05, 0) is 43.9 Å². The summed E-state index contributed by atoms with van der Waals surface area (Å²) in [5.41, 5.74) is 2.00. The van der Waals surface area contributed by atoms with Crippen LogP contribution in [0.1, 0.15) is 25.7 Å². The molecule has 0 radical (unpaired) electrons. The number of benzene rings is 1. The van der Waals surface area contributed by atoms with E-state index in [1.807, 2.05) is 0 Å². The van der Waals surface area contributed by atoms with Crippen molar-refractivity contribution in [3.8, 4) is 0 Å². The molecule has 1 aromatic carbocycles. The third kappa shape index (κ3) is 3.57. The molecule has 5 nitrogen and oxygen atoms in total. The topological polar surface area (TPSA) is 56.8 Å². The minimum absolute atomic E-state index is 0.496. The number of rotatable bonds is 3. The normalized spacial score (nSPS) is 24.5. The van der Waals surface area contributed by atoms with Crippen LogP contribution in [0, 0.1) is 0 Å². The molecule has 142 valence electrons. The summed E-state index contributed by atoms with van der Waals surface area (Å²) in [4.78, 5) is 15.2. The van der Waals surface area contributed by atoms with Gasteiger partial charge < -0.3 is 10.3 Å². The number of anilines is 1. The van der Waals surface area contributed by atoms with Gasteiger partial charge in [-0.3, -0.25) is 4.90 Å². The monoisotopic (exact) mass is 445 g/mol. The number of hydrogen-bond donors (Lipinski definition) is 2. The first-order chi connectivity index (χ1) is 13.3. The van der Waals surface area contributed by atoms with Gasteiger partial charge in [-0.1, -0.05) is 15.9 Å². The van der Waals surface area contributed by atoms with Gasteiger partial charge in [0.05, 0.1) is 5.39 Å². The van der Waals surface area contributed by atoms with Gasteiger partial charge in [-0.2, -0.15) is 11.8 Å². The summed E-state index contributed by atoms with van der Waals surface area (Å²) in [6.45, 7) is 2.54. The molecule has 27 heavy (non-hydrogen) atoms. The van der Waals surface area contributed by atoms with Crippen LogP contribution in [-0.4, -0.2) is 56.5 Å². The summed E-state index contributed by atoms with van der Waals surface area (Å²) in [6, 6.07) is 7.56. The van der Waals surface area contributed by atoms with Crippen molar-refractivity contribution in [1.82, 2.24) is 19.9 Å². The van der Waals surface area contributed by atoms with Crippen molar-refractivity contribution in [3.63, 3.8) is 0 Å². The van der Waals surface area contributed by atoms with E-state index in [2.05, 4.69) is 71.1 Å². The van der Waals surface area contributed by atoms with E-state index in [1.54, 1.807) is 6.33 Å². The summed E-state index contributed by atoms with van der Waals surface area (Å²) in [6.07, 6.45) is 6.66. The summed E-state index contributed by atoms with van der Waals surface area (Å²) < 4.78 is 1.07. The Morgan fingerprint density at radius 3 is 2.74 bits per heavy atom. The average Bonchev–Trinajstić information content (AvgIpc) is 3.08. The Kier molecular flexibility index (Phi) is 5.00. The number of hydrogen-bond acceptors (Lipinski definition) is 5. The molecule has 3 heterocycles. The van der Waals surface area contributed by atoms with E-state index in [0.29, 0.717) is 6.04 Å². The van der Waals surface area contributed by atoms with Crippen molar-refractivity contribution in [2.75, 3.05) is 29.9 Å². The predicted octanol–water partition coefficient (Wildman–Crippen LogP) is 4.65. The van der Waals surface area contributed by atoms with Crippen LogP contribution in [0.3, 0.4) is 0 Å². The number of aromatic amines is 1. The van der Waals surface area contributed by atoms with Crippen LogP contribution in [0.15, 0.2) is 29.0 Å². The van der Waals surface area contributed by atoms with Crippen molar-refractivity contribution in [2.45, 2.75) is 37.8 Å². The van der Waals surface area contributed by atoms with Crippen LogP contribution in [0.25, 0.3) is 21.9 Å². The van der Waals surface area contributed by atoms with E-state index in [0.717, 1.165) is 32.9 Å². The predicted molar refractivity (Wildman–Crippen MR) is 118 cm³/mol. The van der Waals surface area contributed by atoms with Gasteiger partial charge in [0, 0.05) is 52.1 Å². The second-order valence-corrected chi connectivity index (χ2v) is 9.70. The number of halogens is 1. The van der Waals surface area contributed by atoms with Crippen molar-refractivity contribution in [1.29, 1.82) is 0 Å². The van der Waals surface area contributed by atoms with Gasteiger partial charge in [0.1, 0.15) is 17.8 Å². The Balaban J connectivity index is 1.34. The molecule has 2 fully saturated rings. The smallest absolute Gasteiger partial charge is 0.143 e. The van der Waals surface area contributed by atoms with Crippen LogP contribution < -0.4 is 5.32 Å². The lowest BCUT2D eigenvalue weighted by molar-refractivity contribution is 0.167. The minimum atomic E-state index is 0.496. The molecule has 2 aliphatic rings. The van der Waals surface area contributed by atoms with Gasteiger partial charge in [-0.15, -0.1) is 0 Å². The van der Waals surface area contributed by atoms with Crippen LogP contribution in [0.2, 0.25) is 0 Å². The fraction of sp³-hybridized carbons (Fsp3) is 0.500. The molecule has 1 aliphatic heterocycles. The van der Waals surface area contributed by atoms with Gasteiger partial charge in [0.25, 0.3) is 0 Å². The van der Waals surface area contributed by atoms with Gasteiger partial charge in [0.2, 0.25) is 0 Å². The maximum Gasteiger partial charge on any atom is 0.143 e. The summed E-state index contributed by atoms with van der Waals surface area (Å²) in [5.74, 6) is 3.56. The highest BCUT2D eigenvalue weighted by molar-refractivity contribution is 9.10. The molecular weight excluding hydrogens is 422 g/mol. The number of H-pyrrole nitrogens is 1. The molecule has 0 atom stereocenters. The van der Waals surface area contributed by atoms with E-state index in [9.17, 15) is 0 Å². The molecule has 7 heteroatoms. The molecule has 2 N–H and O–H groups in total. The Bertz CT molecular complexity index is 944. The minimum Gasteiger partial charge on any atom is -0.367 e. The molecule has 1 aliphatic carbocycles. The first-order valence-electron chi connectivity index (χ1n) is 9.78. The maximum absolute atomic E-state index is 4.59. The van der Waals surface area contributed by atoms with E-state index in [4.69, 9.17) is 0 Å². The van der Waals surface area contributed by atoms with Crippen molar-refractivity contribution >= 4 is 55.4 Å². The Labute approximate surface area is 171 Å². The van der Waals surface area contributed by atoms with E-state index in [1.165, 1.54) is 55.7 Å². The Morgan fingerprint density at radius 1 is 1.11 bits per heavy atom. The number of thioether (sulfide) groups is 1. The zero-order chi connectivity index (χ0) is 18.2. The average molecular weight is 446 g/mol. The van der Waals surface area contributed by atoms with E-state index < -0.39 is 0 Å². The van der Waals surface area contributed by atoms with Crippen molar-refractivity contribution < 1.29 is 0 Å². The summed E-state index contributed by atoms with van der Waals surface area (Å²) in [5, 5.41) is 6.01. The summed E-state index contributed by atoms with van der Waals surface area (Å²) >= 11 is 5.68. The van der Waals surface area contributed by atoms with Crippen LogP contribution in [-0.2, 0) is 0 Å². The highest BCUT2D eigenvalue weighted by Crippen LogP contribution is 2.33. The quantitative estimate of drug-likeness (QED) is 0.614. The van der Waals surface area contributed by atoms with E-state index >= 15 is 0 Å². The number of nitrogens with zero attached hydrogens (tertiary/aromatic N) is 3. The van der Waals surface area contributed by atoms with Crippen LogP contribution >= 0.6 is 27.7 Å². The van der Waals surface area contributed by atoms with Gasteiger partial charge in [0.15, 0.2) is 0 Å². The Hall–Kier alpha value is -1.31.